The van der Waals surface area contributed by atoms with E-state index in [1.165, 1.54) is 11.0 Å². The Morgan fingerprint density at radius 2 is 2.00 bits per heavy atom. The molecule has 6 N–H and O–H groups in total. The molecule has 3 rings (SSSR count). The lowest BCUT2D eigenvalue weighted by Crippen LogP contribution is -2.56. The fraction of sp³-hybridized carbons (Fsp3) is 0.476. The van der Waals surface area contributed by atoms with Gasteiger partial charge in [-0.2, -0.15) is 0 Å². The van der Waals surface area contributed by atoms with Gasteiger partial charge in [0.2, 0.25) is 29.5 Å². The van der Waals surface area contributed by atoms with Crippen LogP contribution in [0, 0.1) is 6.92 Å². The highest BCUT2D eigenvalue weighted by Crippen LogP contribution is 2.24. The van der Waals surface area contributed by atoms with Crippen molar-refractivity contribution in [1.82, 2.24) is 15.5 Å². The number of rotatable bonds is 7. The second kappa shape index (κ2) is 9.67. The summed E-state index contributed by atoms with van der Waals surface area (Å²) in [5.41, 5.74) is 6.31. The van der Waals surface area contributed by atoms with Crippen LogP contribution in [0.15, 0.2) is 18.2 Å². The average molecular weight is 445 g/mol. The zero-order valence-corrected chi connectivity index (χ0v) is 17.7. The molecule has 0 saturated carbocycles. The van der Waals surface area contributed by atoms with E-state index in [2.05, 4.69) is 16.0 Å². The predicted octanol–water partition coefficient (Wildman–Crippen LogP) is -0.731. The van der Waals surface area contributed by atoms with E-state index in [-0.39, 0.29) is 24.6 Å². The zero-order valence-electron chi connectivity index (χ0n) is 17.7. The van der Waals surface area contributed by atoms with Gasteiger partial charge in [0.15, 0.2) is 0 Å². The molecule has 172 valence electrons. The van der Waals surface area contributed by atoms with Crippen molar-refractivity contribution in [3.63, 3.8) is 0 Å². The zero-order chi connectivity index (χ0) is 23.4. The molecular weight excluding hydrogens is 418 g/mol. The molecule has 2 saturated heterocycles. The number of nitrogens with zero attached hydrogens (tertiary/aromatic N) is 1. The van der Waals surface area contributed by atoms with Crippen LogP contribution < -0.4 is 21.7 Å². The van der Waals surface area contributed by atoms with Gasteiger partial charge < -0.3 is 31.7 Å². The van der Waals surface area contributed by atoms with E-state index in [1.807, 2.05) is 0 Å². The number of hydrogen-bond donors (Lipinski definition) is 5. The van der Waals surface area contributed by atoms with Crippen molar-refractivity contribution in [2.45, 2.75) is 57.2 Å². The predicted molar refractivity (Wildman–Crippen MR) is 113 cm³/mol. The Hall–Kier alpha value is -3.63. The van der Waals surface area contributed by atoms with Crippen LogP contribution in [-0.4, -0.2) is 64.2 Å². The van der Waals surface area contributed by atoms with Crippen LogP contribution in [0.25, 0.3) is 0 Å². The summed E-state index contributed by atoms with van der Waals surface area (Å²) in [4.78, 5) is 62.7. The molecule has 11 heteroatoms. The number of benzene rings is 1. The Morgan fingerprint density at radius 3 is 2.62 bits per heavy atom. The third-order valence-corrected chi connectivity index (χ3v) is 5.65. The Kier molecular flexibility index (Phi) is 6.96. The first-order valence-corrected chi connectivity index (χ1v) is 10.4. The molecule has 32 heavy (non-hydrogen) atoms. The number of primary amides is 1. The maximum absolute atomic E-state index is 13.2. The van der Waals surface area contributed by atoms with E-state index in [0.717, 1.165) is 0 Å². The fourth-order valence-electron chi connectivity index (χ4n) is 3.90. The lowest BCUT2D eigenvalue weighted by atomic mass is 10.1. The highest BCUT2D eigenvalue weighted by molar-refractivity contribution is 6.00. The molecule has 3 atom stereocenters. The molecular formula is C21H27N5O6. The van der Waals surface area contributed by atoms with Crippen molar-refractivity contribution in [3.8, 4) is 5.75 Å². The summed E-state index contributed by atoms with van der Waals surface area (Å²) in [6, 6.07) is 1.89. The molecule has 5 amide bonds. The minimum absolute atomic E-state index is 0.0328. The highest BCUT2D eigenvalue weighted by Gasteiger charge is 2.39. The molecule has 2 fully saturated rings. The second-order valence-corrected chi connectivity index (χ2v) is 8.07. The van der Waals surface area contributed by atoms with Crippen molar-refractivity contribution in [1.29, 1.82) is 0 Å². The Bertz CT molecular complexity index is 949. The molecule has 11 nitrogen and oxygen atoms in total. The molecule has 1 aromatic carbocycles. The fourth-order valence-corrected chi connectivity index (χ4v) is 3.90. The van der Waals surface area contributed by atoms with Crippen molar-refractivity contribution in [3.05, 3.63) is 23.8 Å². The first-order valence-electron chi connectivity index (χ1n) is 10.4. The molecule has 0 radical (unpaired) electrons. The first-order chi connectivity index (χ1) is 15.2. The van der Waals surface area contributed by atoms with E-state index >= 15 is 0 Å². The summed E-state index contributed by atoms with van der Waals surface area (Å²) >= 11 is 0. The quantitative estimate of drug-likeness (QED) is 0.370. The maximum Gasteiger partial charge on any atom is 0.247 e. The van der Waals surface area contributed by atoms with E-state index in [1.54, 1.807) is 19.1 Å². The van der Waals surface area contributed by atoms with E-state index < -0.39 is 48.2 Å². The topological polar surface area (TPSA) is 171 Å². The Morgan fingerprint density at radius 1 is 1.25 bits per heavy atom. The second-order valence-electron chi connectivity index (χ2n) is 8.07. The molecule has 3 unspecified atom stereocenters. The first kappa shape index (κ1) is 23.0. The maximum atomic E-state index is 13.2. The highest BCUT2D eigenvalue weighted by atomic mass is 16.3. The van der Waals surface area contributed by atoms with Crippen molar-refractivity contribution in [2.75, 3.05) is 11.9 Å². The number of anilines is 1. The molecule has 0 bridgehead atoms. The van der Waals surface area contributed by atoms with E-state index in [4.69, 9.17) is 5.73 Å². The summed E-state index contributed by atoms with van der Waals surface area (Å²) in [5, 5.41) is 17.5. The third kappa shape index (κ3) is 5.34. The van der Waals surface area contributed by atoms with Crippen molar-refractivity contribution >= 4 is 35.2 Å². The summed E-state index contributed by atoms with van der Waals surface area (Å²) in [5.74, 6) is -2.62. The van der Waals surface area contributed by atoms with Gasteiger partial charge in [0, 0.05) is 24.7 Å². The number of nitrogens with two attached hydrogens (primary N) is 1. The number of hydrogen-bond acceptors (Lipinski definition) is 6. The largest absolute Gasteiger partial charge is 0.508 e. The number of aromatic hydroxyl groups is 1. The smallest absolute Gasteiger partial charge is 0.247 e. The van der Waals surface area contributed by atoms with Gasteiger partial charge in [-0.1, -0.05) is 6.07 Å². The number of amides is 5. The van der Waals surface area contributed by atoms with Gasteiger partial charge in [-0.15, -0.1) is 0 Å². The van der Waals surface area contributed by atoms with Gasteiger partial charge in [-0.25, -0.2) is 0 Å². The van der Waals surface area contributed by atoms with Crippen molar-refractivity contribution < 1.29 is 29.1 Å². The lowest BCUT2D eigenvalue weighted by Gasteiger charge is -2.29. The van der Waals surface area contributed by atoms with Crippen molar-refractivity contribution in [2.24, 2.45) is 5.73 Å². The minimum Gasteiger partial charge on any atom is -0.508 e. The number of aryl methyl sites for hydroxylation is 1. The van der Waals surface area contributed by atoms with Crippen LogP contribution >= 0.6 is 0 Å². The monoisotopic (exact) mass is 445 g/mol. The van der Waals surface area contributed by atoms with Crippen LogP contribution in [-0.2, 0) is 24.0 Å². The number of carbonyl (C=O) groups excluding carboxylic acids is 5. The summed E-state index contributed by atoms with van der Waals surface area (Å²) in [7, 11) is 0. The van der Waals surface area contributed by atoms with Gasteiger partial charge in [0.25, 0.3) is 0 Å². The molecule has 2 heterocycles. The van der Waals surface area contributed by atoms with Gasteiger partial charge in [0.1, 0.15) is 23.9 Å². The lowest BCUT2D eigenvalue weighted by molar-refractivity contribution is -0.141. The van der Waals surface area contributed by atoms with E-state index in [0.29, 0.717) is 30.5 Å². The van der Waals surface area contributed by atoms with Crippen LogP contribution in [0.3, 0.4) is 0 Å². The normalized spacial score (nSPS) is 21.0. The molecule has 0 aliphatic carbocycles. The van der Waals surface area contributed by atoms with E-state index in [9.17, 15) is 29.1 Å². The van der Waals surface area contributed by atoms with Gasteiger partial charge in [0.05, 0.1) is 6.42 Å². The molecule has 0 aromatic heterocycles. The Labute approximate surface area is 184 Å². The van der Waals surface area contributed by atoms with Crippen LogP contribution in [0.4, 0.5) is 5.69 Å². The number of nitrogens with one attached hydrogen (secondary N) is 3. The average Bonchev–Trinajstić information content (AvgIpc) is 3.38. The summed E-state index contributed by atoms with van der Waals surface area (Å²) in [6.45, 7) is 2.00. The third-order valence-electron chi connectivity index (χ3n) is 5.65. The number of phenolic OH excluding ortho intramolecular Hbond substituents is 1. The minimum atomic E-state index is -1.24. The number of likely N-dealkylation sites (tertiary alicyclic amines) is 1. The van der Waals surface area contributed by atoms with Gasteiger partial charge >= 0.3 is 0 Å². The molecule has 2 aliphatic rings. The van der Waals surface area contributed by atoms with Crippen LogP contribution in [0.1, 0.15) is 37.7 Å². The van der Waals surface area contributed by atoms with Crippen LogP contribution in [0.2, 0.25) is 0 Å². The molecule has 2 aliphatic heterocycles. The van der Waals surface area contributed by atoms with Crippen LogP contribution in [0.5, 0.6) is 5.75 Å². The van der Waals surface area contributed by atoms with Gasteiger partial charge in [-0.05, 0) is 37.8 Å². The molecule has 1 aromatic rings. The Balaban J connectivity index is 1.70. The SMILES string of the molecule is Cc1ccc(NC(=O)C2CCCN2C(=O)C(CC(N)=O)NC(=O)C2CCC(=O)N2)cc1O. The molecule has 0 spiro atoms. The van der Waals surface area contributed by atoms with Gasteiger partial charge in [-0.3, -0.25) is 24.0 Å². The summed E-state index contributed by atoms with van der Waals surface area (Å²) < 4.78 is 0. The number of phenols is 1. The standard InChI is InChI=1S/C21H27N5O6/c1-11-4-5-12(9-16(11)27)23-20(31)15-3-2-8-26(15)21(32)14(10-17(22)28)25-19(30)13-6-7-18(29)24-13/h4-5,9,13-15,27H,2-3,6-8,10H2,1H3,(H2,22,28)(H,23,31)(H,24,29)(H,25,30). The summed E-state index contributed by atoms with van der Waals surface area (Å²) in [6.07, 6.45) is 1.04. The number of carbonyl (C=O) groups is 5.